The van der Waals surface area contributed by atoms with E-state index >= 15 is 0 Å². The Hall–Kier alpha value is -1.43. The maximum atomic E-state index is 13.4. The van der Waals surface area contributed by atoms with Gasteiger partial charge in [-0.15, -0.1) is 0 Å². The number of hydrogen-bond donors (Lipinski definition) is 1. The molecule has 0 saturated carbocycles. The lowest BCUT2D eigenvalue weighted by molar-refractivity contribution is -0.140. The molecule has 1 aromatic rings. The average Bonchev–Trinajstić information content (AvgIpc) is 3.03. The fourth-order valence-corrected chi connectivity index (χ4v) is 5.54. The highest BCUT2D eigenvalue weighted by Gasteiger charge is 2.39. The van der Waals surface area contributed by atoms with Gasteiger partial charge in [0.05, 0.1) is 12.0 Å². The van der Waals surface area contributed by atoms with Crippen molar-refractivity contribution in [2.24, 2.45) is 5.92 Å². The molecule has 0 radical (unpaired) electrons. The highest BCUT2D eigenvalue weighted by molar-refractivity contribution is 5.79. The first-order valence-electron chi connectivity index (χ1n) is 11.7. The molecule has 4 rings (SSSR count). The second-order valence-electron chi connectivity index (χ2n) is 9.08. The first-order valence-corrected chi connectivity index (χ1v) is 11.7. The van der Waals surface area contributed by atoms with Crippen LogP contribution in [0.4, 0.5) is 0 Å². The predicted molar refractivity (Wildman–Crippen MR) is 116 cm³/mol. The summed E-state index contributed by atoms with van der Waals surface area (Å²) in [5, 5.41) is 10.4. The molecule has 5 nitrogen and oxygen atoms in total. The average molecular weight is 400 g/mol. The van der Waals surface area contributed by atoms with Crippen molar-refractivity contribution in [3.63, 3.8) is 0 Å². The van der Waals surface area contributed by atoms with Gasteiger partial charge in [-0.1, -0.05) is 36.8 Å². The number of benzene rings is 1. The molecule has 1 amide bonds. The second kappa shape index (κ2) is 10.1. The van der Waals surface area contributed by atoms with Crippen molar-refractivity contribution < 1.29 is 9.90 Å². The van der Waals surface area contributed by atoms with Gasteiger partial charge >= 0.3 is 0 Å². The fourth-order valence-electron chi connectivity index (χ4n) is 5.54. The minimum Gasteiger partial charge on any atom is -0.388 e. The zero-order valence-electron chi connectivity index (χ0n) is 17.7. The summed E-state index contributed by atoms with van der Waals surface area (Å²) in [6.07, 6.45) is 7.40. The van der Waals surface area contributed by atoms with Gasteiger partial charge in [0.15, 0.2) is 0 Å². The van der Waals surface area contributed by atoms with Crippen LogP contribution in [0.3, 0.4) is 0 Å². The third-order valence-electron chi connectivity index (χ3n) is 7.21. The first kappa shape index (κ1) is 20.8. The molecule has 3 aliphatic rings. The molecule has 0 bridgehead atoms. The zero-order valence-corrected chi connectivity index (χ0v) is 17.7. The Labute approximate surface area is 175 Å². The van der Waals surface area contributed by atoms with E-state index in [2.05, 4.69) is 14.7 Å². The molecule has 0 spiro atoms. The Bertz CT molecular complexity index is 651. The number of carbonyl (C=O) groups is 1. The Kier molecular flexibility index (Phi) is 7.22. The molecule has 0 aromatic heterocycles. The van der Waals surface area contributed by atoms with Crippen molar-refractivity contribution in [3.8, 4) is 0 Å². The number of nitrogens with zero attached hydrogens (tertiary/aromatic N) is 3. The van der Waals surface area contributed by atoms with Crippen LogP contribution in [0.1, 0.15) is 56.6 Å². The molecule has 3 fully saturated rings. The van der Waals surface area contributed by atoms with Gasteiger partial charge in [0.25, 0.3) is 0 Å². The van der Waals surface area contributed by atoms with Gasteiger partial charge in [0.1, 0.15) is 0 Å². The van der Waals surface area contributed by atoms with Gasteiger partial charge in [-0.05, 0) is 63.7 Å². The smallest absolute Gasteiger partial charge is 0.227 e. The lowest BCUT2D eigenvalue weighted by atomic mass is 9.82. The molecule has 3 atom stereocenters. The highest BCUT2D eigenvalue weighted by Crippen LogP contribution is 2.32. The van der Waals surface area contributed by atoms with Crippen molar-refractivity contribution in [1.29, 1.82) is 0 Å². The van der Waals surface area contributed by atoms with Crippen molar-refractivity contribution >= 4 is 5.91 Å². The van der Waals surface area contributed by atoms with Gasteiger partial charge in [-0.2, -0.15) is 0 Å². The molecule has 3 aliphatic heterocycles. The van der Waals surface area contributed by atoms with Gasteiger partial charge in [0, 0.05) is 32.2 Å². The topological polar surface area (TPSA) is 47.0 Å². The number of carbonyl (C=O) groups excluding carboxylic acids is 1. The molecule has 3 heterocycles. The molecule has 160 valence electrons. The number of rotatable bonds is 5. The fraction of sp³-hybridized carbons (Fsp3) is 0.708. The SMILES string of the molecule is O=C([C@@H]1CCCN2CCCC[C@H]12)N1CCCN(CC[C@H](O)c2ccccc2)CC1. The Morgan fingerprint density at radius 1 is 0.931 bits per heavy atom. The first-order chi connectivity index (χ1) is 14.2. The van der Waals surface area contributed by atoms with E-state index in [1.54, 1.807) is 0 Å². The molecule has 0 unspecified atom stereocenters. The Balaban J connectivity index is 1.27. The number of hydrogen-bond acceptors (Lipinski definition) is 4. The molecule has 5 heteroatoms. The van der Waals surface area contributed by atoms with Gasteiger partial charge in [-0.3, -0.25) is 9.69 Å². The van der Waals surface area contributed by atoms with Crippen LogP contribution in [0.25, 0.3) is 0 Å². The van der Waals surface area contributed by atoms with E-state index in [9.17, 15) is 9.90 Å². The summed E-state index contributed by atoms with van der Waals surface area (Å²) in [4.78, 5) is 20.5. The van der Waals surface area contributed by atoms with E-state index in [0.29, 0.717) is 11.9 Å². The number of amides is 1. The van der Waals surface area contributed by atoms with Crippen LogP contribution in [-0.4, -0.2) is 77.6 Å². The second-order valence-corrected chi connectivity index (χ2v) is 9.08. The monoisotopic (exact) mass is 399 g/mol. The third kappa shape index (κ3) is 5.19. The van der Waals surface area contributed by atoms with E-state index in [0.717, 1.165) is 57.5 Å². The quantitative estimate of drug-likeness (QED) is 0.827. The van der Waals surface area contributed by atoms with Gasteiger partial charge in [0.2, 0.25) is 5.91 Å². The lowest BCUT2D eigenvalue weighted by Gasteiger charge is -2.44. The molecular formula is C24H37N3O2. The standard InChI is InChI=1S/C24H37N3O2/c28-23(20-8-2-1-3-9-20)12-17-25-13-7-16-27(19-18-25)24(29)21-10-6-15-26-14-5-4-11-22(21)26/h1-3,8-9,21-23,28H,4-7,10-19H2/t21-,22-,23+/m1/s1. The Morgan fingerprint density at radius 2 is 1.76 bits per heavy atom. The summed E-state index contributed by atoms with van der Waals surface area (Å²) < 4.78 is 0. The molecule has 29 heavy (non-hydrogen) atoms. The maximum absolute atomic E-state index is 13.4. The van der Waals surface area contributed by atoms with Crippen LogP contribution in [0.15, 0.2) is 30.3 Å². The normalized spacial score (nSPS) is 27.8. The van der Waals surface area contributed by atoms with Crippen LogP contribution in [0.2, 0.25) is 0 Å². The van der Waals surface area contributed by atoms with Crippen LogP contribution < -0.4 is 0 Å². The van der Waals surface area contributed by atoms with E-state index in [-0.39, 0.29) is 5.92 Å². The van der Waals surface area contributed by atoms with Gasteiger partial charge < -0.3 is 14.9 Å². The van der Waals surface area contributed by atoms with Crippen molar-refractivity contribution in [1.82, 2.24) is 14.7 Å². The largest absolute Gasteiger partial charge is 0.388 e. The van der Waals surface area contributed by atoms with Crippen LogP contribution in [0, 0.1) is 5.92 Å². The van der Waals surface area contributed by atoms with Crippen molar-refractivity contribution in [3.05, 3.63) is 35.9 Å². The summed E-state index contributed by atoms with van der Waals surface area (Å²) in [6.45, 7) is 6.93. The van der Waals surface area contributed by atoms with Crippen molar-refractivity contribution in [2.75, 3.05) is 45.8 Å². The molecular weight excluding hydrogens is 362 g/mol. The summed E-state index contributed by atoms with van der Waals surface area (Å²) in [6, 6.07) is 10.4. The predicted octanol–water partition coefficient (Wildman–Crippen LogP) is 2.91. The number of fused-ring (bicyclic) bond motifs is 1. The summed E-state index contributed by atoms with van der Waals surface area (Å²) in [5.41, 5.74) is 0.994. The van der Waals surface area contributed by atoms with Crippen LogP contribution in [0.5, 0.6) is 0 Å². The molecule has 1 N–H and O–H groups in total. The summed E-state index contributed by atoms with van der Waals surface area (Å²) >= 11 is 0. The minimum absolute atomic E-state index is 0.218. The zero-order chi connectivity index (χ0) is 20.1. The number of piperidine rings is 2. The van der Waals surface area contributed by atoms with Crippen LogP contribution >= 0.6 is 0 Å². The van der Waals surface area contributed by atoms with E-state index in [1.807, 2.05) is 30.3 Å². The number of aliphatic hydroxyl groups excluding tert-OH is 1. The highest BCUT2D eigenvalue weighted by atomic mass is 16.3. The van der Waals surface area contributed by atoms with E-state index in [4.69, 9.17) is 0 Å². The minimum atomic E-state index is -0.406. The van der Waals surface area contributed by atoms with Gasteiger partial charge in [-0.25, -0.2) is 0 Å². The van der Waals surface area contributed by atoms with E-state index < -0.39 is 6.10 Å². The summed E-state index contributed by atoms with van der Waals surface area (Å²) in [5.74, 6) is 0.628. The van der Waals surface area contributed by atoms with Crippen molar-refractivity contribution in [2.45, 2.75) is 57.1 Å². The maximum Gasteiger partial charge on any atom is 0.227 e. The third-order valence-corrected chi connectivity index (χ3v) is 7.21. The lowest BCUT2D eigenvalue weighted by Crippen LogP contribution is -2.53. The molecule has 0 aliphatic carbocycles. The summed E-state index contributed by atoms with van der Waals surface area (Å²) in [7, 11) is 0. The number of aliphatic hydroxyl groups is 1. The Morgan fingerprint density at radius 3 is 2.62 bits per heavy atom. The molecule has 1 aromatic carbocycles. The van der Waals surface area contributed by atoms with E-state index in [1.165, 1.54) is 38.8 Å². The van der Waals surface area contributed by atoms with Crippen LogP contribution in [-0.2, 0) is 4.79 Å². The molecule has 3 saturated heterocycles.